The van der Waals surface area contributed by atoms with Gasteiger partial charge in [-0.05, 0) is 30.7 Å². The van der Waals surface area contributed by atoms with Crippen molar-refractivity contribution in [3.05, 3.63) is 24.3 Å². The lowest BCUT2D eigenvalue weighted by Gasteiger charge is -2.18. The van der Waals surface area contributed by atoms with Gasteiger partial charge < -0.3 is 19.4 Å². The molecule has 4 nitrogen and oxygen atoms in total. The number of carbonyl (C=O) groups is 1. The number of methoxy groups -OCH3 is 1. The molecule has 0 heterocycles. The molecule has 1 atom stereocenters. The van der Waals surface area contributed by atoms with Gasteiger partial charge in [-0.2, -0.15) is 0 Å². The highest BCUT2D eigenvalue weighted by Gasteiger charge is 2.08. The maximum atomic E-state index is 10.6. The zero-order valence-corrected chi connectivity index (χ0v) is 8.73. The molecule has 82 valence electrons. The molecular formula is C11H13O4-. The number of hydrogen-bond donors (Lipinski definition) is 0. The largest absolute Gasteiger partial charge is 0.546 e. The number of hydrogen-bond acceptors (Lipinski definition) is 4. The van der Waals surface area contributed by atoms with Gasteiger partial charge in [0.15, 0.2) is 0 Å². The molecule has 0 bridgehead atoms. The Bertz CT molecular complexity index is 318. The van der Waals surface area contributed by atoms with Crippen molar-refractivity contribution in [2.45, 2.75) is 19.4 Å². The van der Waals surface area contributed by atoms with Crippen LogP contribution in [0.3, 0.4) is 0 Å². The summed E-state index contributed by atoms with van der Waals surface area (Å²) in [4.78, 5) is 10.6. The van der Waals surface area contributed by atoms with Gasteiger partial charge in [-0.1, -0.05) is 6.92 Å². The fourth-order valence-electron chi connectivity index (χ4n) is 1.12. The summed E-state index contributed by atoms with van der Waals surface area (Å²) in [7, 11) is 1.56. The number of ether oxygens (including phenoxy) is 2. The molecule has 0 spiro atoms. The van der Waals surface area contributed by atoms with Gasteiger partial charge in [0, 0.05) is 0 Å². The zero-order chi connectivity index (χ0) is 11.3. The summed E-state index contributed by atoms with van der Waals surface area (Å²) in [6, 6.07) is 6.73. The first-order valence-electron chi connectivity index (χ1n) is 4.69. The van der Waals surface area contributed by atoms with Crippen LogP contribution in [-0.2, 0) is 4.79 Å². The third-order valence-corrected chi connectivity index (χ3v) is 1.97. The van der Waals surface area contributed by atoms with E-state index < -0.39 is 12.1 Å². The number of carboxylic acid groups (broad SMARTS) is 1. The second-order valence-electron chi connectivity index (χ2n) is 3.01. The Morgan fingerprint density at radius 1 is 1.33 bits per heavy atom. The first-order valence-corrected chi connectivity index (χ1v) is 4.69. The zero-order valence-electron chi connectivity index (χ0n) is 8.73. The van der Waals surface area contributed by atoms with E-state index in [-0.39, 0.29) is 0 Å². The van der Waals surface area contributed by atoms with Crippen LogP contribution < -0.4 is 14.6 Å². The summed E-state index contributed by atoms with van der Waals surface area (Å²) >= 11 is 0. The Labute approximate surface area is 88.4 Å². The Morgan fingerprint density at radius 2 is 1.87 bits per heavy atom. The van der Waals surface area contributed by atoms with Gasteiger partial charge >= 0.3 is 0 Å². The normalized spacial score (nSPS) is 11.9. The Kier molecular flexibility index (Phi) is 3.97. The van der Waals surface area contributed by atoms with E-state index in [0.29, 0.717) is 17.9 Å². The van der Waals surface area contributed by atoms with E-state index >= 15 is 0 Å². The van der Waals surface area contributed by atoms with E-state index in [1.54, 1.807) is 38.3 Å². The fraction of sp³-hybridized carbons (Fsp3) is 0.364. The predicted molar refractivity (Wildman–Crippen MR) is 52.7 cm³/mol. The average molecular weight is 209 g/mol. The predicted octanol–water partition coefficient (Wildman–Crippen LogP) is 0.602. The van der Waals surface area contributed by atoms with Crippen molar-refractivity contribution in [3.8, 4) is 11.5 Å². The number of carbonyl (C=O) groups excluding carboxylic acids is 1. The van der Waals surface area contributed by atoms with Gasteiger partial charge in [0.1, 0.15) is 17.6 Å². The van der Waals surface area contributed by atoms with Crippen molar-refractivity contribution in [2.75, 3.05) is 7.11 Å². The van der Waals surface area contributed by atoms with Gasteiger partial charge in [-0.3, -0.25) is 0 Å². The molecule has 0 aliphatic heterocycles. The summed E-state index contributed by atoms with van der Waals surface area (Å²) in [5.41, 5.74) is 0. The van der Waals surface area contributed by atoms with Crippen LogP contribution in [0.25, 0.3) is 0 Å². The van der Waals surface area contributed by atoms with Gasteiger partial charge in [0.05, 0.1) is 13.1 Å². The Balaban J connectivity index is 2.67. The number of carboxylic acids is 1. The van der Waals surface area contributed by atoms with Crippen LogP contribution in [0.5, 0.6) is 11.5 Å². The second kappa shape index (κ2) is 5.24. The molecule has 0 fully saturated rings. The standard InChI is InChI=1S/C11H14O4/c1-3-10(11(12)13)15-9-6-4-8(14-2)5-7-9/h4-7,10H,3H2,1-2H3,(H,12,13)/p-1/t10-/m0/s1. The molecule has 0 aliphatic rings. The molecule has 0 radical (unpaired) electrons. The van der Waals surface area contributed by atoms with Crippen molar-refractivity contribution in [2.24, 2.45) is 0 Å². The quantitative estimate of drug-likeness (QED) is 0.712. The highest BCUT2D eigenvalue weighted by atomic mass is 16.5. The average Bonchev–Trinajstić information content (AvgIpc) is 2.26. The van der Waals surface area contributed by atoms with Crippen molar-refractivity contribution >= 4 is 5.97 Å². The first kappa shape index (κ1) is 11.4. The topological polar surface area (TPSA) is 58.6 Å². The van der Waals surface area contributed by atoms with Gasteiger partial charge in [-0.25, -0.2) is 0 Å². The highest BCUT2D eigenvalue weighted by Crippen LogP contribution is 2.18. The lowest BCUT2D eigenvalue weighted by atomic mass is 10.2. The molecule has 0 amide bonds. The van der Waals surface area contributed by atoms with E-state index in [2.05, 4.69) is 0 Å². The van der Waals surface area contributed by atoms with Crippen molar-refractivity contribution < 1.29 is 19.4 Å². The lowest BCUT2D eigenvalue weighted by Crippen LogP contribution is -2.39. The van der Waals surface area contributed by atoms with Crippen LogP contribution in [0.2, 0.25) is 0 Å². The SMILES string of the molecule is CC[C@H](Oc1ccc(OC)cc1)C(=O)[O-]. The molecule has 1 aromatic carbocycles. The van der Waals surface area contributed by atoms with Crippen LogP contribution in [-0.4, -0.2) is 19.2 Å². The van der Waals surface area contributed by atoms with Crippen molar-refractivity contribution in [1.29, 1.82) is 0 Å². The van der Waals surface area contributed by atoms with E-state index in [4.69, 9.17) is 9.47 Å². The molecule has 15 heavy (non-hydrogen) atoms. The minimum absolute atomic E-state index is 0.369. The first-order chi connectivity index (χ1) is 7.17. The minimum atomic E-state index is -1.20. The summed E-state index contributed by atoms with van der Waals surface area (Å²) in [6.07, 6.45) is -0.535. The molecule has 0 saturated carbocycles. The monoisotopic (exact) mass is 209 g/mol. The minimum Gasteiger partial charge on any atom is -0.546 e. The van der Waals surface area contributed by atoms with Crippen LogP contribution in [0.1, 0.15) is 13.3 Å². The van der Waals surface area contributed by atoms with Gasteiger partial charge in [0.25, 0.3) is 0 Å². The molecular weight excluding hydrogens is 196 g/mol. The number of aliphatic carboxylic acids is 1. The molecule has 0 saturated heterocycles. The summed E-state index contributed by atoms with van der Waals surface area (Å²) in [5.74, 6) is -0.0102. The van der Waals surface area contributed by atoms with Gasteiger partial charge in [-0.15, -0.1) is 0 Å². The van der Waals surface area contributed by atoms with Crippen LogP contribution in [0, 0.1) is 0 Å². The smallest absolute Gasteiger partial charge is 0.138 e. The van der Waals surface area contributed by atoms with Crippen molar-refractivity contribution in [3.63, 3.8) is 0 Å². The maximum absolute atomic E-state index is 10.6. The third kappa shape index (κ3) is 3.16. The van der Waals surface area contributed by atoms with E-state index in [1.165, 1.54) is 0 Å². The summed E-state index contributed by atoms with van der Waals surface area (Å²) < 4.78 is 10.2. The second-order valence-corrected chi connectivity index (χ2v) is 3.01. The van der Waals surface area contributed by atoms with Crippen LogP contribution >= 0.6 is 0 Å². The van der Waals surface area contributed by atoms with E-state index in [1.807, 2.05) is 0 Å². The molecule has 0 N–H and O–H groups in total. The summed E-state index contributed by atoms with van der Waals surface area (Å²) in [5, 5.41) is 10.6. The van der Waals surface area contributed by atoms with Crippen molar-refractivity contribution in [1.82, 2.24) is 0 Å². The maximum Gasteiger partial charge on any atom is 0.138 e. The Morgan fingerprint density at radius 3 is 2.27 bits per heavy atom. The van der Waals surface area contributed by atoms with Crippen LogP contribution in [0.4, 0.5) is 0 Å². The number of rotatable bonds is 5. The van der Waals surface area contributed by atoms with Crippen LogP contribution in [0.15, 0.2) is 24.3 Å². The molecule has 0 unspecified atom stereocenters. The number of benzene rings is 1. The highest BCUT2D eigenvalue weighted by molar-refractivity contribution is 5.70. The Hall–Kier alpha value is -1.71. The summed E-state index contributed by atoms with van der Waals surface area (Å²) in [6.45, 7) is 1.73. The van der Waals surface area contributed by atoms with Gasteiger partial charge in [0.2, 0.25) is 0 Å². The van der Waals surface area contributed by atoms with E-state index in [9.17, 15) is 9.90 Å². The molecule has 0 aliphatic carbocycles. The fourth-order valence-corrected chi connectivity index (χ4v) is 1.12. The lowest BCUT2D eigenvalue weighted by molar-refractivity contribution is -0.313. The van der Waals surface area contributed by atoms with E-state index in [0.717, 1.165) is 0 Å². The molecule has 0 aromatic heterocycles. The molecule has 1 aromatic rings. The molecule has 1 rings (SSSR count). The molecule has 4 heteroatoms. The third-order valence-electron chi connectivity index (χ3n) is 1.97.